The molecule has 0 aliphatic heterocycles. The summed E-state index contributed by atoms with van der Waals surface area (Å²) in [5.41, 5.74) is 0. The van der Waals surface area contributed by atoms with Gasteiger partial charge in [-0.3, -0.25) is 0 Å². The Morgan fingerprint density at radius 1 is 0.929 bits per heavy atom. The van der Waals surface area contributed by atoms with Gasteiger partial charge in [0.25, 0.3) is 0 Å². The SMILES string of the molecule is CSc1nc(Cl)c(F)c(Cl)n1.CSc1nc(Cl)c(F)c(NCc2nccs2)n1. The van der Waals surface area contributed by atoms with Gasteiger partial charge in [0.2, 0.25) is 5.82 Å². The van der Waals surface area contributed by atoms with Gasteiger partial charge in [0, 0.05) is 11.6 Å². The molecule has 0 amide bonds. The number of nitrogens with zero attached hydrogens (tertiary/aromatic N) is 5. The van der Waals surface area contributed by atoms with E-state index in [1.54, 1.807) is 18.7 Å². The predicted octanol–water partition coefficient (Wildman–Crippen LogP) is 5.70. The zero-order chi connectivity index (χ0) is 20.7. The molecule has 0 fully saturated rings. The topological polar surface area (TPSA) is 76.5 Å². The smallest absolute Gasteiger partial charge is 0.202 e. The lowest BCUT2D eigenvalue weighted by atomic mass is 10.5. The summed E-state index contributed by atoms with van der Waals surface area (Å²) in [5, 5.41) is 5.69. The fourth-order valence-electron chi connectivity index (χ4n) is 1.58. The van der Waals surface area contributed by atoms with E-state index in [-0.39, 0.29) is 21.3 Å². The zero-order valence-corrected chi connectivity index (χ0v) is 18.9. The van der Waals surface area contributed by atoms with Crippen molar-refractivity contribution in [3.8, 4) is 0 Å². The molecule has 0 atom stereocenters. The number of aromatic nitrogens is 5. The van der Waals surface area contributed by atoms with Crippen LogP contribution in [-0.2, 0) is 6.54 Å². The van der Waals surface area contributed by atoms with Crippen LogP contribution in [0.2, 0.25) is 15.5 Å². The largest absolute Gasteiger partial charge is 0.361 e. The highest BCUT2D eigenvalue weighted by molar-refractivity contribution is 7.98. The molecular formula is C14H11Cl3F2N6S3. The second kappa shape index (κ2) is 11.3. The molecule has 0 radical (unpaired) electrons. The van der Waals surface area contributed by atoms with Crippen LogP contribution in [0.5, 0.6) is 0 Å². The first-order valence-corrected chi connectivity index (χ1v) is 11.6. The number of thioether (sulfide) groups is 2. The Hall–Kier alpha value is -0.980. The second-order valence-electron chi connectivity index (χ2n) is 4.55. The molecule has 0 aliphatic carbocycles. The van der Waals surface area contributed by atoms with Crippen molar-refractivity contribution in [3.05, 3.63) is 43.7 Å². The van der Waals surface area contributed by atoms with Crippen LogP contribution in [0.15, 0.2) is 21.9 Å². The third-order valence-corrected chi connectivity index (χ3v) is 5.42. The fourth-order valence-corrected chi connectivity index (χ4v) is 3.57. The molecule has 28 heavy (non-hydrogen) atoms. The lowest BCUT2D eigenvalue weighted by molar-refractivity contribution is 0.607. The Morgan fingerprint density at radius 2 is 1.46 bits per heavy atom. The number of anilines is 1. The predicted molar refractivity (Wildman–Crippen MR) is 112 cm³/mol. The van der Waals surface area contributed by atoms with Gasteiger partial charge in [0.05, 0.1) is 6.54 Å². The Labute approximate surface area is 186 Å². The molecule has 3 rings (SSSR count). The van der Waals surface area contributed by atoms with Crippen LogP contribution in [-0.4, -0.2) is 37.4 Å². The van der Waals surface area contributed by atoms with Crippen LogP contribution in [0.3, 0.4) is 0 Å². The Kier molecular flexibility index (Phi) is 9.38. The van der Waals surface area contributed by atoms with Gasteiger partial charge < -0.3 is 5.32 Å². The van der Waals surface area contributed by atoms with Crippen LogP contribution < -0.4 is 5.32 Å². The molecule has 150 valence electrons. The maximum atomic E-state index is 13.6. The summed E-state index contributed by atoms with van der Waals surface area (Å²) in [4.78, 5) is 19.1. The molecule has 0 saturated heterocycles. The van der Waals surface area contributed by atoms with Crippen molar-refractivity contribution in [1.82, 2.24) is 24.9 Å². The van der Waals surface area contributed by atoms with Crippen LogP contribution in [0, 0.1) is 11.6 Å². The van der Waals surface area contributed by atoms with Crippen molar-refractivity contribution in [1.29, 1.82) is 0 Å². The van der Waals surface area contributed by atoms with Gasteiger partial charge in [0.15, 0.2) is 37.4 Å². The van der Waals surface area contributed by atoms with Gasteiger partial charge in [-0.05, 0) is 12.5 Å². The van der Waals surface area contributed by atoms with Gasteiger partial charge in [-0.2, -0.15) is 4.39 Å². The normalized spacial score (nSPS) is 10.4. The average molecular weight is 504 g/mol. The first-order chi connectivity index (χ1) is 13.3. The number of hydrogen-bond donors (Lipinski definition) is 1. The minimum Gasteiger partial charge on any atom is -0.361 e. The monoisotopic (exact) mass is 502 g/mol. The van der Waals surface area contributed by atoms with Crippen LogP contribution in [0.25, 0.3) is 0 Å². The van der Waals surface area contributed by atoms with E-state index < -0.39 is 11.6 Å². The minimum absolute atomic E-state index is 0.101. The molecule has 14 heteroatoms. The molecule has 0 aromatic carbocycles. The molecule has 0 bridgehead atoms. The van der Waals surface area contributed by atoms with Crippen LogP contribution in [0.1, 0.15) is 5.01 Å². The van der Waals surface area contributed by atoms with E-state index in [1.165, 1.54) is 34.9 Å². The van der Waals surface area contributed by atoms with E-state index >= 15 is 0 Å². The van der Waals surface area contributed by atoms with E-state index in [9.17, 15) is 8.78 Å². The Bertz CT molecular complexity index is 910. The third-order valence-electron chi connectivity index (χ3n) is 2.80. The Balaban J connectivity index is 0.000000221. The molecule has 3 heterocycles. The van der Waals surface area contributed by atoms with Gasteiger partial charge in [-0.25, -0.2) is 29.3 Å². The van der Waals surface area contributed by atoms with Crippen molar-refractivity contribution >= 4 is 75.5 Å². The standard InChI is InChI=1S/C9H8ClFN4S2.C5H3Cl2FN2S/c1-16-9-14-7(10)6(11)8(15-9)13-4-5-12-2-3-17-5;1-11-5-9-3(6)2(8)4(7)10-5/h2-3H,4H2,1H3,(H,13,14,15);1H3. The molecule has 0 aliphatic rings. The average Bonchev–Trinajstić information content (AvgIpc) is 3.20. The number of thiazole rings is 1. The van der Waals surface area contributed by atoms with Crippen molar-refractivity contribution in [2.45, 2.75) is 16.9 Å². The number of hydrogen-bond acceptors (Lipinski definition) is 9. The van der Waals surface area contributed by atoms with Crippen LogP contribution >= 0.6 is 69.7 Å². The molecule has 3 aromatic heterocycles. The second-order valence-corrected chi connectivity index (χ2v) is 8.15. The fraction of sp³-hybridized carbons (Fsp3) is 0.214. The van der Waals surface area contributed by atoms with E-state index in [1.807, 2.05) is 5.38 Å². The third kappa shape index (κ3) is 6.53. The quantitative estimate of drug-likeness (QED) is 0.270. The minimum atomic E-state index is -0.772. The maximum absolute atomic E-state index is 13.6. The highest BCUT2D eigenvalue weighted by Gasteiger charge is 2.12. The van der Waals surface area contributed by atoms with Gasteiger partial charge in [0.1, 0.15) is 5.01 Å². The van der Waals surface area contributed by atoms with Crippen molar-refractivity contribution in [2.24, 2.45) is 0 Å². The van der Waals surface area contributed by atoms with Crippen molar-refractivity contribution in [2.75, 3.05) is 17.8 Å². The van der Waals surface area contributed by atoms with Gasteiger partial charge in [-0.15, -0.1) is 11.3 Å². The molecule has 0 spiro atoms. The lowest BCUT2D eigenvalue weighted by Crippen LogP contribution is -2.05. The molecular weight excluding hydrogens is 493 g/mol. The van der Waals surface area contributed by atoms with E-state index in [4.69, 9.17) is 34.8 Å². The number of halogens is 5. The highest BCUT2D eigenvalue weighted by Crippen LogP contribution is 2.23. The summed E-state index contributed by atoms with van der Waals surface area (Å²) in [6, 6.07) is 0. The summed E-state index contributed by atoms with van der Waals surface area (Å²) in [5.74, 6) is -1.31. The van der Waals surface area contributed by atoms with E-state index in [2.05, 4.69) is 30.2 Å². The first-order valence-electron chi connectivity index (χ1n) is 7.17. The van der Waals surface area contributed by atoms with Gasteiger partial charge >= 0.3 is 0 Å². The summed E-state index contributed by atoms with van der Waals surface area (Å²) < 4.78 is 26.2. The zero-order valence-electron chi connectivity index (χ0n) is 14.2. The lowest BCUT2D eigenvalue weighted by Gasteiger charge is -2.06. The Morgan fingerprint density at radius 3 is 1.96 bits per heavy atom. The summed E-state index contributed by atoms with van der Waals surface area (Å²) in [6.07, 6.45) is 5.24. The maximum Gasteiger partial charge on any atom is 0.202 e. The molecule has 0 unspecified atom stereocenters. The van der Waals surface area contributed by atoms with Crippen LogP contribution in [0.4, 0.5) is 14.6 Å². The summed E-state index contributed by atoms with van der Waals surface area (Å²) in [6.45, 7) is 0.412. The van der Waals surface area contributed by atoms with E-state index in [0.717, 1.165) is 5.01 Å². The molecule has 1 N–H and O–H groups in total. The number of nitrogens with one attached hydrogen (secondary N) is 1. The van der Waals surface area contributed by atoms with E-state index in [0.29, 0.717) is 16.9 Å². The summed E-state index contributed by atoms with van der Waals surface area (Å²) >= 11 is 20.4. The summed E-state index contributed by atoms with van der Waals surface area (Å²) in [7, 11) is 0. The van der Waals surface area contributed by atoms with Crippen molar-refractivity contribution < 1.29 is 8.78 Å². The molecule has 6 nitrogen and oxygen atoms in total. The first kappa shape index (κ1) is 23.3. The highest BCUT2D eigenvalue weighted by atomic mass is 35.5. The van der Waals surface area contributed by atoms with Crippen molar-refractivity contribution in [3.63, 3.8) is 0 Å². The number of rotatable bonds is 5. The van der Waals surface area contributed by atoms with Gasteiger partial charge in [-0.1, -0.05) is 58.3 Å². The molecule has 3 aromatic rings. The molecule has 0 saturated carbocycles.